The molecule has 2 aromatic rings. The summed E-state index contributed by atoms with van der Waals surface area (Å²) in [7, 11) is 0. The molecule has 0 fully saturated rings. The van der Waals surface area contributed by atoms with E-state index < -0.39 is 0 Å². The van der Waals surface area contributed by atoms with Gasteiger partial charge < -0.3 is 5.32 Å². The van der Waals surface area contributed by atoms with Crippen molar-refractivity contribution in [3.63, 3.8) is 0 Å². The van der Waals surface area contributed by atoms with Crippen LogP contribution in [-0.4, -0.2) is 25.9 Å². The Hall–Kier alpha value is -1.15. The molecule has 0 radical (unpaired) electrons. The Labute approximate surface area is 133 Å². The van der Waals surface area contributed by atoms with Crippen LogP contribution in [-0.2, 0) is 6.54 Å². The molecule has 0 bridgehead atoms. The van der Waals surface area contributed by atoms with Crippen molar-refractivity contribution in [1.82, 2.24) is 25.3 Å². The largest absolute Gasteiger partial charge is 0.344 e. The molecular formula is C12H15Br2N5O. The molecule has 2 heterocycles. The molecule has 2 rings (SSSR count). The maximum Gasteiger partial charge on any atom is 0.273 e. The molecule has 20 heavy (non-hydrogen) atoms. The highest BCUT2D eigenvalue weighted by Gasteiger charge is 2.20. The minimum atomic E-state index is -0.241. The number of aromatic nitrogens is 4. The number of aryl methyl sites for hydroxylation is 1. The van der Waals surface area contributed by atoms with Crippen LogP contribution in [0, 0.1) is 6.92 Å². The number of amides is 1. The molecule has 0 aromatic carbocycles. The average Bonchev–Trinajstić information content (AvgIpc) is 2.94. The summed E-state index contributed by atoms with van der Waals surface area (Å²) >= 11 is 6.57. The number of carbonyl (C=O) groups is 1. The van der Waals surface area contributed by atoms with Gasteiger partial charge in [0.2, 0.25) is 0 Å². The van der Waals surface area contributed by atoms with Crippen molar-refractivity contribution in [2.24, 2.45) is 0 Å². The van der Waals surface area contributed by atoms with Crippen molar-refractivity contribution < 1.29 is 4.79 Å². The summed E-state index contributed by atoms with van der Waals surface area (Å²) in [5.41, 5.74) is 2.39. The van der Waals surface area contributed by atoms with Crippen LogP contribution in [0.2, 0.25) is 0 Å². The molecule has 1 amide bonds. The van der Waals surface area contributed by atoms with Gasteiger partial charge in [-0.25, -0.2) is 0 Å². The van der Waals surface area contributed by atoms with Gasteiger partial charge in [0.25, 0.3) is 5.91 Å². The Morgan fingerprint density at radius 2 is 2.25 bits per heavy atom. The summed E-state index contributed by atoms with van der Waals surface area (Å²) in [6.45, 7) is 6.77. The molecular weight excluding hydrogens is 390 g/mol. The van der Waals surface area contributed by atoms with Crippen molar-refractivity contribution in [2.45, 2.75) is 33.4 Å². The van der Waals surface area contributed by atoms with Gasteiger partial charge in [0.1, 0.15) is 4.60 Å². The average molecular weight is 405 g/mol. The van der Waals surface area contributed by atoms with Crippen molar-refractivity contribution in [3.05, 3.63) is 32.2 Å². The summed E-state index contributed by atoms with van der Waals surface area (Å²) < 4.78 is 3.16. The van der Waals surface area contributed by atoms with Crippen LogP contribution in [0.3, 0.4) is 0 Å². The number of halogens is 2. The van der Waals surface area contributed by atoms with E-state index in [2.05, 4.69) is 52.5 Å². The van der Waals surface area contributed by atoms with E-state index in [0.29, 0.717) is 14.8 Å². The molecule has 108 valence electrons. The smallest absolute Gasteiger partial charge is 0.273 e. The third-order valence-corrected chi connectivity index (χ3v) is 5.01. The zero-order chi connectivity index (χ0) is 14.9. The number of hydrogen-bond acceptors (Lipinski definition) is 3. The quantitative estimate of drug-likeness (QED) is 0.822. The summed E-state index contributed by atoms with van der Waals surface area (Å²) in [5, 5.41) is 13.9. The SMILES string of the molecule is CCn1ncc(C(C)NC(=O)c2n[nH]c(Br)c2Br)c1C. The number of H-pyrrole nitrogens is 1. The minimum Gasteiger partial charge on any atom is -0.344 e. The van der Waals surface area contributed by atoms with Gasteiger partial charge in [-0.3, -0.25) is 14.6 Å². The molecule has 0 aliphatic heterocycles. The molecule has 2 aromatic heterocycles. The van der Waals surface area contributed by atoms with Crippen LogP contribution >= 0.6 is 31.9 Å². The highest BCUT2D eigenvalue weighted by molar-refractivity contribution is 9.13. The van der Waals surface area contributed by atoms with E-state index >= 15 is 0 Å². The Morgan fingerprint density at radius 3 is 2.75 bits per heavy atom. The van der Waals surface area contributed by atoms with E-state index in [1.165, 1.54) is 0 Å². The molecule has 0 spiro atoms. The first-order valence-corrected chi connectivity index (χ1v) is 7.76. The number of nitrogens with one attached hydrogen (secondary N) is 2. The second kappa shape index (κ2) is 6.09. The Bertz CT molecular complexity index is 634. The van der Waals surface area contributed by atoms with E-state index in [9.17, 15) is 4.79 Å². The van der Waals surface area contributed by atoms with E-state index in [4.69, 9.17) is 0 Å². The minimum absolute atomic E-state index is 0.134. The molecule has 0 aliphatic rings. The van der Waals surface area contributed by atoms with Gasteiger partial charge >= 0.3 is 0 Å². The zero-order valence-electron chi connectivity index (χ0n) is 11.4. The third kappa shape index (κ3) is 2.80. The Balaban J connectivity index is 2.15. The summed E-state index contributed by atoms with van der Waals surface area (Å²) in [6, 6.07) is -0.134. The number of hydrogen-bond donors (Lipinski definition) is 2. The van der Waals surface area contributed by atoms with Crippen LogP contribution in [0.4, 0.5) is 0 Å². The fourth-order valence-electron chi connectivity index (χ4n) is 2.01. The van der Waals surface area contributed by atoms with Crippen molar-refractivity contribution >= 4 is 37.8 Å². The van der Waals surface area contributed by atoms with Crippen LogP contribution < -0.4 is 5.32 Å². The first-order chi connectivity index (χ1) is 9.45. The molecule has 1 atom stereocenters. The maximum absolute atomic E-state index is 12.2. The van der Waals surface area contributed by atoms with E-state index in [1.54, 1.807) is 6.20 Å². The monoisotopic (exact) mass is 403 g/mol. The lowest BCUT2D eigenvalue weighted by atomic mass is 10.1. The van der Waals surface area contributed by atoms with Crippen molar-refractivity contribution in [3.8, 4) is 0 Å². The summed E-state index contributed by atoms with van der Waals surface area (Å²) in [6.07, 6.45) is 1.79. The number of rotatable bonds is 4. The van der Waals surface area contributed by atoms with Crippen LogP contribution in [0.5, 0.6) is 0 Å². The van der Waals surface area contributed by atoms with E-state index in [-0.39, 0.29) is 11.9 Å². The predicted octanol–water partition coefficient (Wildman–Crippen LogP) is 2.95. The van der Waals surface area contributed by atoms with E-state index in [1.807, 2.05) is 25.5 Å². The molecule has 2 N–H and O–H groups in total. The first kappa shape index (κ1) is 15.2. The number of aromatic amines is 1. The topological polar surface area (TPSA) is 75.6 Å². The molecule has 8 heteroatoms. The normalized spacial score (nSPS) is 12.4. The summed E-state index contributed by atoms with van der Waals surface area (Å²) in [4.78, 5) is 12.2. The fraction of sp³-hybridized carbons (Fsp3) is 0.417. The van der Waals surface area contributed by atoms with Gasteiger partial charge in [-0.05, 0) is 52.6 Å². The highest BCUT2D eigenvalue weighted by Crippen LogP contribution is 2.24. The molecule has 0 saturated heterocycles. The molecule has 1 unspecified atom stereocenters. The van der Waals surface area contributed by atoms with E-state index in [0.717, 1.165) is 17.8 Å². The van der Waals surface area contributed by atoms with Gasteiger partial charge in [-0.1, -0.05) is 0 Å². The third-order valence-electron chi connectivity index (χ3n) is 3.14. The maximum atomic E-state index is 12.2. The van der Waals surface area contributed by atoms with Crippen LogP contribution in [0.25, 0.3) is 0 Å². The second-order valence-corrected chi connectivity index (χ2v) is 5.98. The van der Waals surface area contributed by atoms with Crippen molar-refractivity contribution in [1.29, 1.82) is 0 Å². The molecule has 0 saturated carbocycles. The van der Waals surface area contributed by atoms with Gasteiger partial charge in [0.05, 0.1) is 16.7 Å². The molecule has 0 aliphatic carbocycles. The van der Waals surface area contributed by atoms with Gasteiger partial charge in [0.15, 0.2) is 5.69 Å². The number of nitrogens with zero attached hydrogens (tertiary/aromatic N) is 3. The lowest BCUT2D eigenvalue weighted by Gasteiger charge is -2.13. The van der Waals surface area contributed by atoms with Crippen molar-refractivity contribution in [2.75, 3.05) is 0 Å². The van der Waals surface area contributed by atoms with Crippen LogP contribution in [0.15, 0.2) is 15.3 Å². The van der Waals surface area contributed by atoms with Crippen LogP contribution in [0.1, 0.15) is 41.6 Å². The zero-order valence-corrected chi connectivity index (χ0v) is 14.5. The predicted molar refractivity (Wildman–Crippen MR) is 82.5 cm³/mol. The second-order valence-electron chi connectivity index (χ2n) is 4.40. The Morgan fingerprint density at radius 1 is 1.55 bits per heavy atom. The first-order valence-electron chi connectivity index (χ1n) is 6.18. The summed E-state index contributed by atoms with van der Waals surface area (Å²) in [5.74, 6) is -0.241. The molecule has 6 nitrogen and oxygen atoms in total. The Kier molecular flexibility index (Phi) is 4.64. The fourth-order valence-corrected chi connectivity index (χ4v) is 2.64. The van der Waals surface area contributed by atoms with Gasteiger partial charge in [0, 0.05) is 17.8 Å². The lowest BCUT2D eigenvalue weighted by molar-refractivity contribution is 0.0934. The lowest BCUT2D eigenvalue weighted by Crippen LogP contribution is -2.27. The van der Waals surface area contributed by atoms with Gasteiger partial charge in [-0.15, -0.1) is 0 Å². The number of carbonyl (C=O) groups excluding carboxylic acids is 1. The standard InChI is InChI=1S/C12H15Br2N5O/c1-4-19-7(3)8(5-15-19)6(2)16-12(20)10-9(13)11(14)18-17-10/h5-6H,4H2,1-3H3,(H,16,20)(H,17,18). The van der Waals surface area contributed by atoms with Gasteiger partial charge in [-0.2, -0.15) is 10.2 Å². The highest BCUT2D eigenvalue weighted by atomic mass is 79.9.